The van der Waals surface area contributed by atoms with Crippen LogP contribution in [0.5, 0.6) is 0 Å². The SMILES string of the molecule is Cc1c[nH]c(=S)n1CCOCCN(C)C. The van der Waals surface area contributed by atoms with E-state index in [2.05, 4.69) is 9.88 Å². The van der Waals surface area contributed by atoms with Crippen LogP contribution >= 0.6 is 12.2 Å². The Morgan fingerprint density at radius 3 is 2.73 bits per heavy atom. The summed E-state index contributed by atoms with van der Waals surface area (Å²) in [5.41, 5.74) is 1.15. The molecule has 15 heavy (non-hydrogen) atoms. The molecule has 0 atom stereocenters. The number of ether oxygens (including phenoxy) is 1. The molecule has 1 rings (SSSR count). The lowest BCUT2D eigenvalue weighted by atomic mass is 10.5. The van der Waals surface area contributed by atoms with Crippen LogP contribution in [-0.2, 0) is 11.3 Å². The van der Waals surface area contributed by atoms with Gasteiger partial charge in [-0.25, -0.2) is 0 Å². The first-order valence-electron chi connectivity index (χ1n) is 5.08. The molecular weight excluding hydrogens is 210 g/mol. The van der Waals surface area contributed by atoms with E-state index in [0.717, 1.165) is 30.2 Å². The molecule has 0 saturated carbocycles. The zero-order chi connectivity index (χ0) is 11.3. The molecule has 0 aliphatic rings. The Balaban J connectivity index is 2.23. The van der Waals surface area contributed by atoms with Gasteiger partial charge in [0.2, 0.25) is 0 Å². The number of aromatic nitrogens is 2. The first-order valence-corrected chi connectivity index (χ1v) is 5.49. The maximum atomic E-state index is 5.51. The summed E-state index contributed by atoms with van der Waals surface area (Å²) in [5.74, 6) is 0. The molecule has 0 saturated heterocycles. The molecule has 0 spiro atoms. The maximum Gasteiger partial charge on any atom is 0.177 e. The molecule has 0 fully saturated rings. The van der Waals surface area contributed by atoms with Gasteiger partial charge < -0.3 is 19.2 Å². The predicted octanol–water partition coefficient (Wildman–Crippen LogP) is 1.43. The highest BCUT2D eigenvalue weighted by molar-refractivity contribution is 7.71. The molecule has 5 heteroatoms. The van der Waals surface area contributed by atoms with Crippen LogP contribution in [0.2, 0.25) is 0 Å². The fraction of sp³-hybridized carbons (Fsp3) is 0.700. The molecule has 0 aliphatic heterocycles. The van der Waals surface area contributed by atoms with Crippen molar-refractivity contribution in [3.05, 3.63) is 16.7 Å². The van der Waals surface area contributed by atoms with E-state index in [4.69, 9.17) is 17.0 Å². The minimum atomic E-state index is 0.709. The quantitative estimate of drug-likeness (QED) is 0.592. The number of nitrogens with zero attached hydrogens (tertiary/aromatic N) is 2. The number of rotatable bonds is 6. The number of aromatic amines is 1. The van der Waals surface area contributed by atoms with Crippen LogP contribution in [0.25, 0.3) is 0 Å². The van der Waals surface area contributed by atoms with E-state index in [0.29, 0.717) is 6.61 Å². The first kappa shape index (κ1) is 12.4. The molecule has 0 bridgehead atoms. The van der Waals surface area contributed by atoms with Crippen molar-refractivity contribution in [2.24, 2.45) is 0 Å². The summed E-state index contributed by atoms with van der Waals surface area (Å²) in [6.07, 6.45) is 1.92. The molecule has 1 aromatic heterocycles. The van der Waals surface area contributed by atoms with Crippen LogP contribution in [0, 0.1) is 11.7 Å². The molecule has 1 N–H and O–H groups in total. The van der Waals surface area contributed by atoms with Gasteiger partial charge in [0, 0.05) is 25.0 Å². The molecule has 1 heterocycles. The number of hydrogen-bond donors (Lipinski definition) is 1. The Morgan fingerprint density at radius 1 is 1.47 bits per heavy atom. The van der Waals surface area contributed by atoms with E-state index in [-0.39, 0.29) is 0 Å². The number of H-pyrrole nitrogens is 1. The van der Waals surface area contributed by atoms with Crippen molar-refractivity contribution in [1.29, 1.82) is 0 Å². The monoisotopic (exact) mass is 229 g/mol. The Morgan fingerprint density at radius 2 is 2.20 bits per heavy atom. The highest BCUT2D eigenvalue weighted by Gasteiger charge is 1.98. The van der Waals surface area contributed by atoms with E-state index < -0.39 is 0 Å². The zero-order valence-corrected chi connectivity index (χ0v) is 10.4. The van der Waals surface area contributed by atoms with Crippen LogP contribution in [0.1, 0.15) is 5.69 Å². The largest absolute Gasteiger partial charge is 0.378 e. The summed E-state index contributed by atoms with van der Waals surface area (Å²) < 4.78 is 8.32. The van der Waals surface area contributed by atoms with Crippen molar-refractivity contribution in [3.63, 3.8) is 0 Å². The van der Waals surface area contributed by atoms with E-state index in [1.54, 1.807) is 0 Å². The van der Waals surface area contributed by atoms with Crippen molar-refractivity contribution in [2.75, 3.05) is 33.9 Å². The molecule has 0 aromatic carbocycles. The first-order chi connectivity index (χ1) is 7.11. The Kier molecular flexibility index (Phi) is 5.01. The zero-order valence-electron chi connectivity index (χ0n) is 9.62. The lowest BCUT2D eigenvalue weighted by Crippen LogP contribution is -2.19. The van der Waals surface area contributed by atoms with Crippen molar-refractivity contribution >= 4 is 12.2 Å². The molecule has 1 aromatic rings. The summed E-state index contributed by atoms with van der Waals surface area (Å²) in [5, 5.41) is 0. The molecule has 0 unspecified atom stereocenters. The van der Waals surface area contributed by atoms with Gasteiger partial charge in [0.15, 0.2) is 4.77 Å². The second-order valence-corrected chi connectivity index (χ2v) is 4.19. The van der Waals surface area contributed by atoms with Crippen LogP contribution in [0.15, 0.2) is 6.20 Å². The van der Waals surface area contributed by atoms with E-state index in [1.807, 2.05) is 31.8 Å². The summed E-state index contributed by atoms with van der Waals surface area (Å²) in [7, 11) is 4.07. The summed E-state index contributed by atoms with van der Waals surface area (Å²) in [6.45, 7) is 5.29. The molecule has 0 amide bonds. The summed E-state index contributed by atoms with van der Waals surface area (Å²) in [6, 6.07) is 0. The average molecular weight is 229 g/mol. The minimum absolute atomic E-state index is 0.709. The van der Waals surface area contributed by atoms with E-state index in [9.17, 15) is 0 Å². The lowest BCUT2D eigenvalue weighted by Gasteiger charge is -2.10. The summed E-state index contributed by atoms with van der Waals surface area (Å²) >= 11 is 5.14. The normalized spacial score (nSPS) is 11.2. The van der Waals surface area contributed by atoms with Crippen molar-refractivity contribution in [1.82, 2.24) is 14.5 Å². The topological polar surface area (TPSA) is 33.2 Å². The lowest BCUT2D eigenvalue weighted by molar-refractivity contribution is 0.110. The van der Waals surface area contributed by atoms with E-state index >= 15 is 0 Å². The third-order valence-corrected chi connectivity index (χ3v) is 2.56. The maximum absolute atomic E-state index is 5.51. The predicted molar refractivity (Wildman–Crippen MR) is 63.7 cm³/mol. The fourth-order valence-corrected chi connectivity index (χ4v) is 1.56. The van der Waals surface area contributed by atoms with Crippen LogP contribution < -0.4 is 0 Å². The van der Waals surface area contributed by atoms with Gasteiger partial charge in [-0.2, -0.15) is 0 Å². The number of likely N-dealkylation sites (N-methyl/N-ethyl adjacent to an activating group) is 1. The van der Waals surface area contributed by atoms with Crippen LogP contribution in [0.3, 0.4) is 0 Å². The van der Waals surface area contributed by atoms with Gasteiger partial charge in [0.25, 0.3) is 0 Å². The van der Waals surface area contributed by atoms with Gasteiger partial charge in [0.05, 0.1) is 13.2 Å². The number of nitrogens with one attached hydrogen (secondary N) is 1. The number of imidazole rings is 1. The van der Waals surface area contributed by atoms with Crippen molar-refractivity contribution in [3.8, 4) is 0 Å². The van der Waals surface area contributed by atoms with Gasteiger partial charge >= 0.3 is 0 Å². The van der Waals surface area contributed by atoms with Gasteiger partial charge in [-0.15, -0.1) is 0 Å². The minimum Gasteiger partial charge on any atom is -0.378 e. The van der Waals surface area contributed by atoms with Gasteiger partial charge in [0.1, 0.15) is 0 Å². The highest BCUT2D eigenvalue weighted by Crippen LogP contribution is 1.99. The van der Waals surface area contributed by atoms with Gasteiger partial charge in [-0.05, 0) is 33.2 Å². The third-order valence-electron chi connectivity index (χ3n) is 2.22. The molecule has 0 aliphatic carbocycles. The Labute approximate surface area is 95.9 Å². The second-order valence-electron chi connectivity index (χ2n) is 3.80. The molecule has 86 valence electrons. The Bertz CT molecular complexity index is 343. The average Bonchev–Trinajstić information content (AvgIpc) is 2.47. The molecule has 4 nitrogen and oxygen atoms in total. The second kappa shape index (κ2) is 6.05. The fourth-order valence-electron chi connectivity index (χ4n) is 1.27. The standard InChI is InChI=1S/C10H19N3OS/c1-9-8-11-10(15)13(9)5-7-14-6-4-12(2)3/h8H,4-7H2,1-3H3,(H,11,15). The third kappa shape index (κ3) is 4.15. The van der Waals surface area contributed by atoms with Crippen molar-refractivity contribution < 1.29 is 4.74 Å². The summed E-state index contributed by atoms with van der Waals surface area (Å²) in [4.78, 5) is 5.11. The van der Waals surface area contributed by atoms with Crippen molar-refractivity contribution in [2.45, 2.75) is 13.5 Å². The van der Waals surface area contributed by atoms with Crippen LogP contribution in [0.4, 0.5) is 0 Å². The molecule has 0 radical (unpaired) electrons. The number of hydrogen-bond acceptors (Lipinski definition) is 3. The number of aryl methyl sites for hydroxylation is 1. The Hall–Kier alpha value is -0.650. The van der Waals surface area contributed by atoms with E-state index in [1.165, 1.54) is 0 Å². The van der Waals surface area contributed by atoms with Gasteiger partial charge in [-0.1, -0.05) is 0 Å². The molecular formula is C10H19N3OS. The van der Waals surface area contributed by atoms with Gasteiger partial charge in [-0.3, -0.25) is 0 Å². The highest BCUT2D eigenvalue weighted by atomic mass is 32.1. The smallest absolute Gasteiger partial charge is 0.177 e. The van der Waals surface area contributed by atoms with Crippen LogP contribution in [-0.4, -0.2) is 48.3 Å².